The molecule has 0 fully saturated rings. The molecule has 3 rings (SSSR count). The van der Waals surface area contributed by atoms with Crippen LogP contribution in [-0.4, -0.2) is 33.2 Å². The van der Waals surface area contributed by atoms with Gasteiger partial charge in [-0.2, -0.15) is 4.98 Å². The Bertz CT molecular complexity index is 862. The van der Waals surface area contributed by atoms with E-state index in [1.54, 1.807) is 11.9 Å². The van der Waals surface area contributed by atoms with Gasteiger partial charge in [0.05, 0.1) is 11.8 Å². The van der Waals surface area contributed by atoms with Crippen LogP contribution >= 0.6 is 11.8 Å². The molecule has 134 valence electrons. The second-order valence-corrected chi connectivity index (χ2v) is 7.56. The van der Waals surface area contributed by atoms with Crippen LogP contribution < -0.4 is 0 Å². The van der Waals surface area contributed by atoms with E-state index in [9.17, 15) is 4.79 Å². The molecule has 1 heterocycles. The molecule has 2 aromatic carbocycles. The SMILES string of the molecule is Cc1ccc(-c2noc(CN(C)C(=O)[C@H](C)Sc3ccccc3)n2)cc1. The standard InChI is InChI=1S/C20H21N3O2S/c1-14-9-11-16(12-10-14)19-21-18(25-22-19)13-23(3)20(24)15(2)26-17-7-5-4-6-8-17/h4-12,15H,13H2,1-3H3/t15-/m0/s1. The van der Waals surface area contributed by atoms with Gasteiger partial charge in [0.15, 0.2) is 0 Å². The molecule has 0 bridgehead atoms. The Labute approximate surface area is 157 Å². The quantitative estimate of drug-likeness (QED) is 0.612. The number of aromatic nitrogens is 2. The molecule has 0 aliphatic rings. The second-order valence-electron chi connectivity index (χ2n) is 6.15. The molecular weight excluding hydrogens is 346 g/mol. The fourth-order valence-corrected chi connectivity index (χ4v) is 3.49. The van der Waals surface area contributed by atoms with Gasteiger partial charge in [0, 0.05) is 17.5 Å². The normalized spacial score (nSPS) is 12.0. The van der Waals surface area contributed by atoms with Gasteiger partial charge < -0.3 is 9.42 Å². The van der Waals surface area contributed by atoms with Gasteiger partial charge in [0.1, 0.15) is 0 Å². The fourth-order valence-electron chi connectivity index (χ4n) is 2.48. The molecule has 0 aliphatic heterocycles. The van der Waals surface area contributed by atoms with Crippen molar-refractivity contribution in [2.75, 3.05) is 7.05 Å². The highest BCUT2D eigenvalue weighted by molar-refractivity contribution is 8.00. The molecule has 0 spiro atoms. The van der Waals surface area contributed by atoms with Crippen molar-refractivity contribution in [3.63, 3.8) is 0 Å². The summed E-state index contributed by atoms with van der Waals surface area (Å²) in [6, 6.07) is 17.8. The molecule has 0 aliphatic carbocycles. The summed E-state index contributed by atoms with van der Waals surface area (Å²) in [5.74, 6) is 0.981. The number of rotatable bonds is 6. The van der Waals surface area contributed by atoms with Crippen molar-refractivity contribution < 1.29 is 9.32 Å². The third-order valence-electron chi connectivity index (χ3n) is 3.93. The highest BCUT2D eigenvalue weighted by Crippen LogP contribution is 2.24. The van der Waals surface area contributed by atoms with Crippen LogP contribution in [0.4, 0.5) is 0 Å². The lowest BCUT2D eigenvalue weighted by Crippen LogP contribution is -2.32. The Morgan fingerprint density at radius 2 is 1.85 bits per heavy atom. The zero-order chi connectivity index (χ0) is 18.5. The largest absolute Gasteiger partial charge is 0.337 e. The molecule has 0 saturated carbocycles. The summed E-state index contributed by atoms with van der Waals surface area (Å²) >= 11 is 1.54. The Morgan fingerprint density at radius 1 is 1.15 bits per heavy atom. The molecular formula is C20H21N3O2S. The van der Waals surface area contributed by atoms with Crippen LogP contribution in [0.2, 0.25) is 0 Å². The van der Waals surface area contributed by atoms with Crippen molar-refractivity contribution in [2.24, 2.45) is 0 Å². The van der Waals surface area contributed by atoms with E-state index in [0.29, 0.717) is 11.7 Å². The minimum atomic E-state index is -0.193. The van der Waals surface area contributed by atoms with Crippen LogP contribution in [0, 0.1) is 6.92 Å². The van der Waals surface area contributed by atoms with Crippen LogP contribution in [0.25, 0.3) is 11.4 Å². The number of nitrogens with zero attached hydrogens (tertiary/aromatic N) is 3. The molecule has 1 aromatic heterocycles. The van der Waals surface area contributed by atoms with Gasteiger partial charge in [-0.1, -0.05) is 53.2 Å². The fraction of sp³-hybridized carbons (Fsp3) is 0.250. The van der Waals surface area contributed by atoms with Gasteiger partial charge in [-0.25, -0.2) is 0 Å². The number of hydrogen-bond donors (Lipinski definition) is 0. The lowest BCUT2D eigenvalue weighted by molar-refractivity contribution is -0.129. The Balaban J connectivity index is 1.61. The smallest absolute Gasteiger partial charge is 0.246 e. The maximum Gasteiger partial charge on any atom is 0.246 e. The van der Waals surface area contributed by atoms with Crippen LogP contribution in [0.1, 0.15) is 18.4 Å². The number of amides is 1. The average molecular weight is 367 g/mol. The first-order valence-electron chi connectivity index (χ1n) is 8.39. The van der Waals surface area contributed by atoms with Crippen molar-refractivity contribution >= 4 is 17.7 Å². The maximum absolute atomic E-state index is 12.6. The van der Waals surface area contributed by atoms with E-state index in [1.807, 2.05) is 68.4 Å². The number of benzene rings is 2. The summed E-state index contributed by atoms with van der Waals surface area (Å²) < 4.78 is 5.31. The average Bonchev–Trinajstić information content (AvgIpc) is 3.11. The molecule has 1 atom stereocenters. The Kier molecular flexibility index (Phi) is 5.73. The molecule has 26 heavy (non-hydrogen) atoms. The minimum absolute atomic E-state index is 0.0222. The molecule has 3 aromatic rings. The lowest BCUT2D eigenvalue weighted by Gasteiger charge is -2.19. The maximum atomic E-state index is 12.6. The minimum Gasteiger partial charge on any atom is -0.337 e. The first kappa shape index (κ1) is 18.2. The van der Waals surface area contributed by atoms with Crippen LogP contribution in [0.15, 0.2) is 64.0 Å². The summed E-state index contributed by atoms with van der Waals surface area (Å²) in [6.07, 6.45) is 0. The van der Waals surface area contributed by atoms with E-state index >= 15 is 0 Å². The predicted molar refractivity (Wildman–Crippen MR) is 103 cm³/mol. The first-order valence-corrected chi connectivity index (χ1v) is 9.27. The van der Waals surface area contributed by atoms with E-state index < -0.39 is 0 Å². The zero-order valence-electron chi connectivity index (χ0n) is 15.0. The molecule has 5 nitrogen and oxygen atoms in total. The van der Waals surface area contributed by atoms with Crippen molar-refractivity contribution in [3.05, 3.63) is 66.1 Å². The third-order valence-corrected chi connectivity index (χ3v) is 5.03. The Morgan fingerprint density at radius 3 is 2.54 bits per heavy atom. The highest BCUT2D eigenvalue weighted by Gasteiger charge is 2.21. The van der Waals surface area contributed by atoms with Gasteiger partial charge in [0.25, 0.3) is 0 Å². The zero-order valence-corrected chi connectivity index (χ0v) is 15.9. The van der Waals surface area contributed by atoms with E-state index in [-0.39, 0.29) is 17.7 Å². The van der Waals surface area contributed by atoms with E-state index in [2.05, 4.69) is 10.1 Å². The van der Waals surface area contributed by atoms with Gasteiger partial charge >= 0.3 is 0 Å². The lowest BCUT2D eigenvalue weighted by atomic mass is 10.1. The summed E-state index contributed by atoms with van der Waals surface area (Å²) in [6.45, 7) is 4.22. The summed E-state index contributed by atoms with van der Waals surface area (Å²) in [5, 5.41) is 3.82. The summed E-state index contributed by atoms with van der Waals surface area (Å²) in [5.41, 5.74) is 2.07. The molecule has 0 N–H and O–H groups in total. The number of carbonyl (C=O) groups excluding carboxylic acids is 1. The van der Waals surface area contributed by atoms with Crippen LogP contribution in [-0.2, 0) is 11.3 Å². The third kappa shape index (κ3) is 4.52. The topological polar surface area (TPSA) is 59.2 Å². The molecule has 0 unspecified atom stereocenters. The van der Waals surface area contributed by atoms with Crippen molar-refractivity contribution in [2.45, 2.75) is 30.5 Å². The van der Waals surface area contributed by atoms with Gasteiger partial charge in [-0.15, -0.1) is 11.8 Å². The Hall–Kier alpha value is -2.60. The van der Waals surface area contributed by atoms with Crippen molar-refractivity contribution in [3.8, 4) is 11.4 Å². The number of aryl methyl sites for hydroxylation is 1. The molecule has 0 saturated heterocycles. The summed E-state index contributed by atoms with van der Waals surface area (Å²) in [7, 11) is 1.75. The van der Waals surface area contributed by atoms with Crippen LogP contribution in [0.5, 0.6) is 0 Å². The predicted octanol–water partition coefficient (Wildman–Crippen LogP) is 4.18. The molecule has 6 heteroatoms. The van der Waals surface area contributed by atoms with E-state index in [4.69, 9.17) is 4.52 Å². The molecule has 1 amide bonds. The number of thioether (sulfide) groups is 1. The van der Waals surface area contributed by atoms with E-state index in [0.717, 1.165) is 10.5 Å². The highest BCUT2D eigenvalue weighted by atomic mass is 32.2. The first-order chi connectivity index (χ1) is 12.5. The number of hydrogen-bond acceptors (Lipinski definition) is 5. The van der Waals surface area contributed by atoms with Gasteiger partial charge in [-0.05, 0) is 26.0 Å². The second kappa shape index (κ2) is 8.19. The van der Waals surface area contributed by atoms with Crippen molar-refractivity contribution in [1.29, 1.82) is 0 Å². The molecule has 0 radical (unpaired) electrons. The monoisotopic (exact) mass is 367 g/mol. The summed E-state index contributed by atoms with van der Waals surface area (Å²) in [4.78, 5) is 19.7. The van der Waals surface area contributed by atoms with Gasteiger partial charge in [0.2, 0.25) is 17.6 Å². The number of carbonyl (C=O) groups is 1. The van der Waals surface area contributed by atoms with E-state index in [1.165, 1.54) is 17.3 Å². The van der Waals surface area contributed by atoms with Crippen LogP contribution in [0.3, 0.4) is 0 Å². The van der Waals surface area contributed by atoms with Crippen molar-refractivity contribution in [1.82, 2.24) is 15.0 Å². The van der Waals surface area contributed by atoms with Gasteiger partial charge in [-0.3, -0.25) is 4.79 Å².